The van der Waals surface area contributed by atoms with Crippen LogP contribution in [0.25, 0.3) is 11.0 Å². The zero-order chi connectivity index (χ0) is 13.9. The summed E-state index contributed by atoms with van der Waals surface area (Å²) < 4.78 is 0. The number of aromatic amines is 1. The zero-order valence-electron chi connectivity index (χ0n) is 11.6. The smallest absolute Gasteiger partial charge is 0.226 e. The van der Waals surface area contributed by atoms with Crippen LogP contribution in [-0.4, -0.2) is 51.5 Å². The molecule has 3 heterocycles. The van der Waals surface area contributed by atoms with Gasteiger partial charge in [-0.15, -0.1) is 0 Å². The summed E-state index contributed by atoms with van der Waals surface area (Å²) in [6.07, 6.45) is 3.79. The maximum absolute atomic E-state index is 9.28. The molecule has 2 aromatic heterocycles. The highest BCUT2D eigenvalue weighted by atomic mass is 16.3. The minimum atomic E-state index is 0.233. The van der Waals surface area contributed by atoms with Crippen LogP contribution in [0.1, 0.15) is 19.8 Å². The van der Waals surface area contributed by atoms with Crippen molar-refractivity contribution in [1.29, 1.82) is 0 Å². The van der Waals surface area contributed by atoms with Crippen molar-refractivity contribution < 1.29 is 5.11 Å². The van der Waals surface area contributed by atoms with Crippen molar-refractivity contribution >= 4 is 22.8 Å². The average Bonchev–Trinajstić information content (AvgIpc) is 3.12. The molecule has 0 saturated carbocycles. The summed E-state index contributed by atoms with van der Waals surface area (Å²) in [6, 6.07) is 0. The van der Waals surface area contributed by atoms with Gasteiger partial charge in [-0.1, -0.05) is 6.92 Å². The van der Waals surface area contributed by atoms with E-state index >= 15 is 0 Å². The molecule has 0 bridgehead atoms. The number of fused-ring (bicyclic) bond motifs is 1. The van der Waals surface area contributed by atoms with Crippen molar-refractivity contribution in [2.45, 2.75) is 19.8 Å². The summed E-state index contributed by atoms with van der Waals surface area (Å²) in [7, 11) is 0. The van der Waals surface area contributed by atoms with Crippen molar-refractivity contribution in [1.82, 2.24) is 20.2 Å². The fourth-order valence-electron chi connectivity index (χ4n) is 2.55. The molecule has 2 aromatic rings. The molecule has 1 aliphatic heterocycles. The van der Waals surface area contributed by atoms with Gasteiger partial charge in [-0.25, -0.2) is 0 Å². The standard InChI is InChI=1S/C13H20N6O/c1-2-4-14-13-16-11-10(6-15-18-11)12(17-13)19-5-3-9(7-19)8-20/h6,9,20H,2-5,7-8H2,1H3,(H2,14,15,16,17,18). The third-order valence-electron chi connectivity index (χ3n) is 3.67. The predicted molar refractivity (Wildman–Crippen MR) is 77.9 cm³/mol. The Morgan fingerprint density at radius 2 is 2.40 bits per heavy atom. The van der Waals surface area contributed by atoms with E-state index in [2.05, 4.69) is 37.3 Å². The van der Waals surface area contributed by atoms with Gasteiger partial charge in [0.05, 0.1) is 11.6 Å². The van der Waals surface area contributed by atoms with Crippen LogP contribution in [-0.2, 0) is 0 Å². The lowest BCUT2D eigenvalue weighted by Gasteiger charge is -2.18. The fraction of sp³-hybridized carbons (Fsp3) is 0.615. The lowest BCUT2D eigenvalue weighted by Crippen LogP contribution is -2.22. The van der Waals surface area contributed by atoms with Crippen molar-refractivity contribution in [3.8, 4) is 0 Å². The first-order chi connectivity index (χ1) is 9.81. The van der Waals surface area contributed by atoms with Crippen molar-refractivity contribution in [2.75, 3.05) is 36.5 Å². The minimum Gasteiger partial charge on any atom is -0.396 e. The summed E-state index contributed by atoms with van der Waals surface area (Å²) in [6.45, 7) is 4.93. The Hall–Kier alpha value is -1.89. The number of anilines is 2. The van der Waals surface area contributed by atoms with Gasteiger partial charge in [-0.3, -0.25) is 5.10 Å². The molecular formula is C13H20N6O. The lowest BCUT2D eigenvalue weighted by molar-refractivity contribution is 0.238. The van der Waals surface area contributed by atoms with Crippen LogP contribution in [0.5, 0.6) is 0 Å². The molecule has 0 radical (unpaired) electrons. The van der Waals surface area contributed by atoms with E-state index in [0.717, 1.165) is 49.3 Å². The Bertz CT molecular complexity index is 583. The lowest BCUT2D eigenvalue weighted by atomic mass is 10.1. The molecule has 7 nitrogen and oxygen atoms in total. The Morgan fingerprint density at radius 3 is 3.15 bits per heavy atom. The number of hydrogen-bond donors (Lipinski definition) is 3. The van der Waals surface area contributed by atoms with Crippen LogP contribution in [0.15, 0.2) is 6.20 Å². The Labute approximate surface area is 117 Å². The quantitative estimate of drug-likeness (QED) is 0.754. The van der Waals surface area contributed by atoms with E-state index in [0.29, 0.717) is 11.9 Å². The topological polar surface area (TPSA) is 90.0 Å². The molecule has 0 amide bonds. The van der Waals surface area contributed by atoms with Gasteiger partial charge in [0, 0.05) is 32.2 Å². The normalized spacial score (nSPS) is 18.9. The van der Waals surface area contributed by atoms with Gasteiger partial charge in [0.25, 0.3) is 0 Å². The van der Waals surface area contributed by atoms with E-state index < -0.39 is 0 Å². The molecule has 0 aliphatic carbocycles. The SMILES string of the molecule is CCCNc1nc(N2CCC(CO)C2)c2cn[nH]c2n1. The molecule has 1 unspecified atom stereocenters. The molecule has 3 N–H and O–H groups in total. The fourth-order valence-corrected chi connectivity index (χ4v) is 2.55. The second-order valence-corrected chi connectivity index (χ2v) is 5.21. The highest BCUT2D eigenvalue weighted by Crippen LogP contribution is 2.28. The van der Waals surface area contributed by atoms with Gasteiger partial charge in [0.2, 0.25) is 5.95 Å². The summed E-state index contributed by atoms with van der Waals surface area (Å²) in [5.41, 5.74) is 0.751. The van der Waals surface area contributed by atoms with E-state index in [4.69, 9.17) is 0 Å². The number of nitrogens with one attached hydrogen (secondary N) is 2. The van der Waals surface area contributed by atoms with Crippen LogP contribution in [0.4, 0.5) is 11.8 Å². The second kappa shape index (κ2) is 5.62. The monoisotopic (exact) mass is 276 g/mol. The predicted octanol–water partition coefficient (Wildman–Crippen LogP) is 0.993. The van der Waals surface area contributed by atoms with Crippen molar-refractivity contribution in [3.63, 3.8) is 0 Å². The largest absolute Gasteiger partial charge is 0.396 e. The Morgan fingerprint density at radius 1 is 1.50 bits per heavy atom. The van der Waals surface area contributed by atoms with Gasteiger partial charge in [0.1, 0.15) is 5.82 Å². The number of H-pyrrole nitrogens is 1. The Kier molecular flexibility index (Phi) is 3.68. The van der Waals surface area contributed by atoms with Gasteiger partial charge >= 0.3 is 0 Å². The number of hydrogen-bond acceptors (Lipinski definition) is 6. The van der Waals surface area contributed by atoms with E-state index in [1.165, 1.54) is 0 Å². The summed E-state index contributed by atoms with van der Waals surface area (Å²) in [5.74, 6) is 1.86. The first kappa shape index (κ1) is 13.1. The molecule has 1 aliphatic rings. The van der Waals surface area contributed by atoms with Gasteiger partial charge in [0.15, 0.2) is 5.65 Å². The van der Waals surface area contributed by atoms with Crippen molar-refractivity contribution in [3.05, 3.63) is 6.20 Å². The van der Waals surface area contributed by atoms with E-state index in [-0.39, 0.29) is 6.61 Å². The molecule has 3 rings (SSSR count). The Balaban J connectivity index is 1.93. The van der Waals surface area contributed by atoms with E-state index in [9.17, 15) is 5.11 Å². The maximum atomic E-state index is 9.28. The summed E-state index contributed by atoms with van der Waals surface area (Å²) in [4.78, 5) is 11.3. The van der Waals surface area contributed by atoms with E-state index in [1.807, 2.05) is 0 Å². The maximum Gasteiger partial charge on any atom is 0.226 e. The van der Waals surface area contributed by atoms with Crippen LogP contribution in [0.3, 0.4) is 0 Å². The van der Waals surface area contributed by atoms with Crippen LogP contribution < -0.4 is 10.2 Å². The number of aliphatic hydroxyl groups excluding tert-OH is 1. The first-order valence-electron chi connectivity index (χ1n) is 7.12. The van der Waals surface area contributed by atoms with Crippen molar-refractivity contribution in [2.24, 2.45) is 5.92 Å². The number of rotatable bonds is 5. The first-order valence-corrected chi connectivity index (χ1v) is 7.12. The zero-order valence-corrected chi connectivity index (χ0v) is 11.6. The van der Waals surface area contributed by atoms with Gasteiger partial charge in [-0.05, 0) is 12.8 Å². The third kappa shape index (κ3) is 2.40. The van der Waals surface area contributed by atoms with Crippen LogP contribution in [0, 0.1) is 5.92 Å². The van der Waals surface area contributed by atoms with Crippen LogP contribution in [0.2, 0.25) is 0 Å². The highest BCUT2D eigenvalue weighted by Gasteiger charge is 2.25. The van der Waals surface area contributed by atoms with E-state index in [1.54, 1.807) is 6.20 Å². The molecule has 20 heavy (non-hydrogen) atoms. The summed E-state index contributed by atoms with van der Waals surface area (Å²) in [5, 5.41) is 20.4. The molecule has 0 spiro atoms. The number of aliphatic hydroxyl groups is 1. The minimum absolute atomic E-state index is 0.233. The van der Waals surface area contributed by atoms with Gasteiger partial charge in [-0.2, -0.15) is 15.1 Å². The second-order valence-electron chi connectivity index (χ2n) is 5.21. The highest BCUT2D eigenvalue weighted by molar-refractivity contribution is 5.87. The molecule has 108 valence electrons. The average molecular weight is 276 g/mol. The van der Waals surface area contributed by atoms with Gasteiger partial charge < -0.3 is 15.3 Å². The molecule has 0 aromatic carbocycles. The number of aromatic nitrogens is 4. The molecule has 7 heteroatoms. The molecular weight excluding hydrogens is 256 g/mol. The summed E-state index contributed by atoms with van der Waals surface area (Å²) >= 11 is 0. The third-order valence-corrected chi connectivity index (χ3v) is 3.67. The van der Waals surface area contributed by atoms with Crippen LogP contribution >= 0.6 is 0 Å². The molecule has 1 saturated heterocycles. The molecule has 1 atom stereocenters. The number of nitrogens with zero attached hydrogens (tertiary/aromatic N) is 4. The molecule has 1 fully saturated rings.